The van der Waals surface area contributed by atoms with Gasteiger partial charge < -0.3 is 4.74 Å². The summed E-state index contributed by atoms with van der Waals surface area (Å²) in [4.78, 5) is 38.2. The normalized spacial score (nSPS) is 17.1. The van der Waals surface area contributed by atoms with Crippen LogP contribution in [0.15, 0.2) is 149 Å². The number of aromatic amines is 1. The number of H-pyrrole nitrogens is 1. The first-order chi connectivity index (χ1) is 29.4. The molecular weight excluding hydrogens is 831 g/mol. The molecule has 2 aliphatic heterocycles. The van der Waals surface area contributed by atoms with E-state index in [1.165, 1.54) is 34.5 Å². The second-order valence-electron chi connectivity index (χ2n) is 14.6. The molecule has 2 bridgehead atoms. The van der Waals surface area contributed by atoms with Crippen molar-refractivity contribution in [1.82, 2.24) is 48.4 Å². The topological polar surface area (TPSA) is 143 Å². The van der Waals surface area contributed by atoms with Gasteiger partial charge in [0, 0.05) is 42.6 Å². The molecule has 0 saturated carbocycles. The number of ether oxygens (including phenoxy) is 1. The lowest BCUT2D eigenvalue weighted by Gasteiger charge is -2.38. The van der Waals surface area contributed by atoms with Crippen molar-refractivity contribution >= 4 is 15.9 Å². The van der Waals surface area contributed by atoms with Gasteiger partial charge >= 0.3 is 17.1 Å². The van der Waals surface area contributed by atoms with Crippen LogP contribution in [0.3, 0.4) is 0 Å². The van der Waals surface area contributed by atoms with Crippen LogP contribution in [0.25, 0.3) is 17.1 Å². The van der Waals surface area contributed by atoms with Gasteiger partial charge in [-0.3, -0.25) is 4.90 Å². The lowest BCUT2D eigenvalue weighted by atomic mass is 9.99. The number of aryl methyl sites for hydroxylation is 2. The van der Waals surface area contributed by atoms with Crippen LogP contribution in [0.1, 0.15) is 44.1 Å². The van der Waals surface area contributed by atoms with Crippen molar-refractivity contribution in [2.75, 3.05) is 11.9 Å². The third kappa shape index (κ3) is 10.6. The molecule has 3 aromatic heterocycles. The van der Waals surface area contributed by atoms with E-state index in [0.717, 1.165) is 54.6 Å². The van der Waals surface area contributed by atoms with E-state index in [0.29, 0.717) is 37.3 Å². The summed E-state index contributed by atoms with van der Waals surface area (Å²) >= 11 is 3.33. The van der Waals surface area contributed by atoms with Crippen molar-refractivity contribution in [3.8, 4) is 17.1 Å². The highest BCUT2D eigenvalue weighted by atomic mass is 79.9. The molecular formula is C44H48BrFN10O4. The molecule has 2 saturated heterocycles. The van der Waals surface area contributed by atoms with Crippen molar-refractivity contribution in [1.29, 1.82) is 0 Å². The fraction of sp³-hybridized carbons (Fsp3) is 0.318. The maximum Gasteiger partial charge on any atom is 0.350 e. The first-order valence-corrected chi connectivity index (χ1v) is 21.3. The lowest BCUT2D eigenvalue weighted by Crippen LogP contribution is -2.46. The number of rotatable bonds is 13. The number of fused-ring (bicyclic) bond motifs is 2. The maximum atomic E-state index is 13.9. The van der Waals surface area contributed by atoms with E-state index in [1.54, 1.807) is 38.6 Å². The molecule has 2 fully saturated rings. The summed E-state index contributed by atoms with van der Waals surface area (Å²) in [5, 5.41) is 15.2. The number of benzene rings is 4. The fourth-order valence-corrected chi connectivity index (χ4v) is 7.94. The minimum Gasteiger partial charge on any atom is -0.373 e. The number of hydrogen-bond donors (Lipinski definition) is 1. The number of alkyl halides is 1. The zero-order valence-corrected chi connectivity index (χ0v) is 34.7. The monoisotopic (exact) mass is 878 g/mol. The molecule has 7 aromatic rings. The van der Waals surface area contributed by atoms with E-state index in [4.69, 9.17) is 4.74 Å². The van der Waals surface area contributed by atoms with Crippen molar-refractivity contribution in [2.24, 2.45) is 0 Å². The first-order valence-electron chi connectivity index (χ1n) is 20.1. The fourth-order valence-electron chi connectivity index (χ4n) is 7.69. The number of para-hydroxylation sites is 3. The molecule has 312 valence electrons. The predicted octanol–water partition coefficient (Wildman–Crippen LogP) is 6.16. The van der Waals surface area contributed by atoms with Gasteiger partial charge in [-0.15, -0.1) is 0 Å². The third-order valence-corrected chi connectivity index (χ3v) is 11.2. The van der Waals surface area contributed by atoms with Gasteiger partial charge in [0.2, 0.25) is 0 Å². The van der Waals surface area contributed by atoms with Crippen molar-refractivity contribution in [3.63, 3.8) is 0 Å². The molecule has 2 aliphatic rings. The molecule has 1 N–H and O–H groups in total. The van der Waals surface area contributed by atoms with Crippen molar-refractivity contribution in [3.05, 3.63) is 177 Å². The van der Waals surface area contributed by atoms with Crippen LogP contribution in [-0.2, 0) is 24.4 Å². The molecule has 0 radical (unpaired) electrons. The Hall–Kier alpha value is -5.97. The molecule has 5 heterocycles. The smallest absolute Gasteiger partial charge is 0.350 e. The molecule has 4 aromatic carbocycles. The molecule has 2 atom stereocenters. The summed E-state index contributed by atoms with van der Waals surface area (Å²) in [6.45, 7) is 2.55. The summed E-state index contributed by atoms with van der Waals surface area (Å²) < 4.78 is 27.6. The van der Waals surface area contributed by atoms with E-state index in [2.05, 4.69) is 41.2 Å². The quantitative estimate of drug-likeness (QED) is 0.136. The summed E-state index contributed by atoms with van der Waals surface area (Å²) in [6, 6.07) is 36.3. The second-order valence-corrected chi connectivity index (χ2v) is 15.4. The number of halogens is 2. The number of nitrogens with one attached hydrogen (secondary N) is 1. The first kappa shape index (κ1) is 42.2. The Morgan fingerprint density at radius 1 is 0.633 bits per heavy atom. The van der Waals surface area contributed by atoms with Crippen LogP contribution in [0, 0.1) is 5.82 Å². The van der Waals surface area contributed by atoms with Crippen LogP contribution in [-0.4, -0.2) is 78.4 Å². The Kier molecular flexibility index (Phi) is 14.6. The molecule has 9 rings (SSSR count). The molecule has 0 amide bonds. The van der Waals surface area contributed by atoms with Crippen LogP contribution >= 0.6 is 15.9 Å². The van der Waals surface area contributed by atoms with Gasteiger partial charge in [-0.25, -0.2) is 46.9 Å². The summed E-state index contributed by atoms with van der Waals surface area (Å²) in [7, 11) is 0. The Bertz CT molecular complexity index is 2540. The average Bonchev–Trinajstić information content (AvgIpc) is 4.05. The maximum absolute atomic E-state index is 13.9. The summed E-state index contributed by atoms with van der Waals surface area (Å²) in [5.74, 6) is -0.196. The number of piperidine rings is 1. The lowest BCUT2D eigenvalue weighted by molar-refractivity contribution is -0.0293. The van der Waals surface area contributed by atoms with Gasteiger partial charge in [-0.2, -0.15) is 15.3 Å². The average molecular weight is 880 g/mol. The SMILES string of the molecule is O=c1[nH]ncn1-c1ccccc1.O=c1n(-c2ccccc2)cnn1CCCBr.O=c1n(-c2ccccc2)cnn1CCCN1C2CCC1CC(OCc1ccccc1F)C2. The highest BCUT2D eigenvalue weighted by molar-refractivity contribution is 9.09. The van der Waals surface area contributed by atoms with Crippen molar-refractivity contribution < 1.29 is 9.13 Å². The molecule has 2 unspecified atom stereocenters. The Morgan fingerprint density at radius 3 is 1.63 bits per heavy atom. The van der Waals surface area contributed by atoms with Gasteiger partial charge in [-0.1, -0.05) is 88.7 Å². The van der Waals surface area contributed by atoms with Gasteiger partial charge in [-0.05, 0) is 81.0 Å². The largest absolute Gasteiger partial charge is 0.373 e. The zero-order chi connectivity index (χ0) is 41.7. The van der Waals surface area contributed by atoms with Gasteiger partial charge in [0.25, 0.3) is 0 Å². The van der Waals surface area contributed by atoms with Gasteiger partial charge in [0.1, 0.15) is 24.8 Å². The van der Waals surface area contributed by atoms with E-state index in [-0.39, 0.29) is 29.0 Å². The van der Waals surface area contributed by atoms with E-state index in [9.17, 15) is 18.8 Å². The van der Waals surface area contributed by atoms with Crippen molar-refractivity contribution in [2.45, 2.75) is 76.4 Å². The zero-order valence-electron chi connectivity index (χ0n) is 33.1. The Morgan fingerprint density at radius 2 is 1.13 bits per heavy atom. The molecule has 0 spiro atoms. The van der Waals surface area contributed by atoms with Crippen LogP contribution in [0.5, 0.6) is 0 Å². The second kappa shape index (κ2) is 20.8. The number of nitrogens with zero attached hydrogens (tertiary/aromatic N) is 9. The highest BCUT2D eigenvalue weighted by Gasteiger charge is 2.40. The minimum atomic E-state index is -0.221. The van der Waals surface area contributed by atoms with Gasteiger partial charge in [0.15, 0.2) is 0 Å². The standard InChI is InChI=1S/C25H29FN4O2.C11H12BrN3O.C8H7N3O/c26-24-10-5-4-7-19(24)17-32-23-15-21-11-12-22(16-23)28(21)13-6-14-30-25(31)29(18-27-30)20-8-2-1-3-9-20;12-7-4-8-15-11(16)14(9-13-15)10-5-2-1-3-6-10;12-8-10-9-6-11(8)7-4-2-1-3-5-7/h1-5,7-10,18,21-23H,6,11-17H2;1-3,5-6,9H,4,7-8H2;1-6H,(H,10,12). The van der Waals surface area contributed by atoms with Gasteiger partial charge in [0.05, 0.1) is 29.8 Å². The third-order valence-electron chi connectivity index (χ3n) is 10.7. The molecule has 16 heteroatoms. The Labute approximate surface area is 354 Å². The van der Waals surface area contributed by atoms with Crippen LogP contribution in [0.4, 0.5) is 4.39 Å². The Balaban J connectivity index is 0.000000160. The predicted molar refractivity (Wildman–Crippen MR) is 231 cm³/mol. The molecule has 14 nitrogen and oxygen atoms in total. The molecule has 0 aliphatic carbocycles. The van der Waals surface area contributed by atoms with E-state index in [1.807, 2.05) is 97.1 Å². The minimum absolute atomic E-state index is 0.0906. The summed E-state index contributed by atoms with van der Waals surface area (Å²) in [6.07, 6.45) is 10.9. The highest BCUT2D eigenvalue weighted by Crippen LogP contribution is 2.37. The number of hydrogen-bond acceptors (Lipinski definition) is 8. The van der Waals surface area contributed by atoms with Crippen LogP contribution < -0.4 is 17.1 Å². The number of aromatic nitrogens is 9. The van der Waals surface area contributed by atoms with E-state index >= 15 is 0 Å². The van der Waals surface area contributed by atoms with Crippen LogP contribution in [0.2, 0.25) is 0 Å². The van der Waals surface area contributed by atoms with E-state index < -0.39 is 0 Å². The molecule has 60 heavy (non-hydrogen) atoms. The summed E-state index contributed by atoms with van der Waals surface area (Å²) in [5.41, 5.74) is 2.71.